The van der Waals surface area contributed by atoms with Crippen molar-refractivity contribution in [1.82, 2.24) is 0 Å². The zero-order valence-electron chi connectivity index (χ0n) is 9.85. The second kappa shape index (κ2) is 4.40. The van der Waals surface area contributed by atoms with E-state index in [1.165, 1.54) is 0 Å². The van der Waals surface area contributed by atoms with Crippen LogP contribution in [-0.4, -0.2) is 39.3 Å². The Kier molecular flexibility index (Phi) is 3.25. The van der Waals surface area contributed by atoms with E-state index in [2.05, 4.69) is 0 Å². The molecule has 0 unspecified atom stereocenters. The molecule has 0 saturated heterocycles. The zero-order chi connectivity index (χ0) is 12.6. The summed E-state index contributed by atoms with van der Waals surface area (Å²) < 4.78 is 4.99. The number of aliphatic hydroxyl groups is 3. The molecule has 17 heavy (non-hydrogen) atoms. The minimum absolute atomic E-state index is 0.0577. The van der Waals surface area contributed by atoms with Gasteiger partial charge < -0.3 is 20.1 Å². The Bertz CT molecular complexity index is 362. The molecule has 0 radical (unpaired) electrons. The van der Waals surface area contributed by atoms with E-state index in [9.17, 15) is 20.1 Å². The summed E-state index contributed by atoms with van der Waals surface area (Å²) in [6.45, 7) is 1.98. The fraction of sp³-hybridized carbons (Fsp3) is 0.750. The third-order valence-electron chi connectivity index (χ3n) is 3.50. The van der Waals surface area contributed by atoms with E-state index < -0.39 is 24.0 Å². The molecular weight excluding hydrogens is 224 g/mol. The van der Waals surface area contributed by atoms with E-state index in [1.54, 1.807) is 0 Å². The Labute approximate surface area is 99.7 Å². The lowest BCUT2D eigenvalue weighted by Crippen LogP contribution is -2.36. The van der Waals surface area contributed by atoms with Gasteiger partial charge in [-0.25, -0.2) is 4.79 Å². The van der Waals surface area contributed by atoms with Gasteiger partial charge in [-0.05, 0) is 19.3 Å². The maximum Gasteiger partial charge on any atom is 0.339 e. The largest absolute Gasteiger partial charge is 0.426 e. The van der Waals surface area contributed by atoms with Gasteiger partial charge in [0.25, 0.3) is 0 Å². The molecule has 0 bridgehead atoms. The molecule has 0 amide bonds. The lowest BCUT2D eigenvalue weighted by Gasteiger charge is -2.28. The van der Waals surface area contributed by atoms with Crippen LogP contribution in [0.1, 0.15) is 39.0 Å². The smallest absolute Gasteiger partial charge is 0.339 e. The van der Waals surface area contributed by atoms with Crippen molar-refractivity contribution in [1.29, 1.82) is 0 Å². The standard InChI is InChI=1S/C12H18O5/c1-2-3-6-12(16)7-4-5-8(13)10(14)9(7)11(15)17-12/h8,10,13-14,16H,2-6H2,1H3/t8-,10+,12-/m1/s1. The fourth-order valence-electron chi connectivity index (χ4n) is 2.49. The number of carbonyl (C=O) groups excluding carboxylic acids is 1. The molecule has 0 aromatic rings. The second-order valence-corrected chi connectivity index (χ2v) is 4.72. The number of aliphatic hydroxyl groups excluding tert-OH is 2. The number of hydrogen-bond donors (Lipinski definition) is 3. The van der Waals surface area contributed by atoms with Crippen LogP contribution in [0.25, 0.3) is 0 Å². The molecule has 0 fully saturated rings. The number of ether oxygens (including phenoxy) is 1. The number of unbranched alkanes of at least 4 members (excludes halogenated alkanes) is 1. The van der Waals surface area contributed by atoms with E-state index in [-0.39, 0.29) is 5.57 Å². The molecule has 3 atom stereocenters. The van der Waals surface area contributed by atoms with Crippen molar-refractivity contribution in [2.45, 2.75) is 57.0 Å². The highest BCUT2D eigenvalue weighted by atomic mass is 16.7. The van der Waals surface area contributed by atoms with Crippen molar-refractivity contribution >= 4 is 5.97 Å². The first-order valence-corrected chi connectivity index (χ1v) is 6.05. The van der Waals surface area contributed by atoms with Crippen LogP contribution in [0.5, 0.6) is 0 Å². The highest BCUT2D eigenvalue weighted by Crippen LogP contribution is 2.42. The number of cyclic esters (lactones) is 1. The molecule has 1 aliphatic carbocycles. The average molecular weight is 242 g/mol. The summed E-state index contributed by atoms with van der Waals surface area (Å²) in [4.78, 5) is 11.6. The molecule has 1 heterocycles. The van der Waals surface area contributed by atoms with E-state index in [0.29, 0.717) is 24.8 Å². The molecule has 0 aromatic heterocycles. The SMILES string of the molecule is CCCC[C@@]1(O)OC(=O)C2=C1CC[C@@H](O)[C@@H]2O. The first-order valence-electron chi connectivity index (χ1n) is 6.05. The molecule has 5 heteroatoms. The van der Waals surface area contributed by atoms with Crippen molar-refractivity contribution < 1.29 is 24.9 Å². The van der Waals surface area contributed by atoms with Crippen molar-refractivity contribution in [3.05, 3.63) is 11.1 Å². The Morgan fingerprint density at radius 2 is 2.18 bits per heavy atom. The van der Waals surface area contributed by atoms with Crippen molar-refractivity contribution in [3.63, 3.8) is 0 Å². The summed E-state index contributed by atoms with van der Waals surface area (Å²) >= 11 is 0. The summed E-state index contributed by atoms with van der Waals surface area (Å²) in [6, 6.07) is 0. The Hall–Kier alpha value is -0.910. The number of rotatable bonds is 3. The lowest BCUT2D eigenvalue weighted by molar-refractivity contribution is -0.184. The molecule has 96 valence electrons. The molecule has 3 N–H and O–H groups in total. The minimum Gasteiger partial charge on any atom is -0.426 e. The quantitative estimate of drug-likeness (QED) is 0.617. The van der Waals surface area contributed by atoms with Crippen LogP contribution in [0.3, 0.4) is 0 Å². The molecule has 0 saturated carbocycles. The van der Waals surface area contributed by atoms with Crippen molar-refractivity contribution in [2.75, 3.05) is 0 Å². The zero-order valence-corrected chi connectivity index (χ0v) is 9.85. The van der Waals surface area contributed by atoms with Gasteiger partial charge in [-0.2, -0.15) is 0 Å². The maximum absolute atomic E-state index is 11.6. The Balaban J connectivity index is 2.30. The Morgan fingerprint density at radius 3 is 2.82 bits per heavy atom. The first-order chi connectivity index (χ1) is 7.99. The van der Waals surface area contributed by atoms with Gasteiger partial charge in [0, 0.05) is 12.0 Å². The molecule has 0 aromatic carbocycles. The minimum atomic E-state index is -1.57. The highest BCUT2D eigenvalue weighted by molar-refractivity contribution is 5.94. The Morgan fingerprint density at radius 1 is 1.47 bits per heavy atom. The van der Waals surface area contributed by atoms with Gasteiger partial charge >= 0.3 is 5.97 Å². The topological polar surface area (TPSA) is 87.0 Å². The fourth-order valence-corrected chi connectivity index (χ4v) is 2.49. The molecule has 2 aliphatic rings. The molecular formula is C12H18O5. The van der Waals surface area contributed by atoms with Crippen LogP contribution in [0.4, 0.5) is 0 Å². The van der Waals surface area contributed by atoms with Gasteiger partial charge in [0.15, 0.2) is 0 Å². The van der Waals surface area contributed by atoms with Gasteiger partial charge in [0.1, 0.15) is 6.10 Å². The molecule has 5 nitrogen and oxygen atoms in total. The summed E-state index contributed by atoms with van der Waals surface area (Å²) in [5.74, 6) is -2.27. The summed E-state index contributed by atoms with van der Waals surface area (Å²) in [5.41, 5.74) is 0.510. The van der Waals surface area contributed by atoms with E-state index in [1.807, 2.05) is 6.92 Å². The van der Waals surface area contributed by atoms with Crippen LogP contribution in [-0.2, 0) is 9.53 Å². The van der Waals surface area contributed by atoms with Gasteiger partial charge in [0.05, 0.1) is 11.7 Å². The highest BCUT2D eigenvalue weighted by Gasteiger charge is 2.50. The molecule has 2 rings (SSSR count). The third-order valence-corrected chi connectivity index (χ3v) is 3.50. The van der Waals surface area contributed by atoms with Crippen molar-refractivity contribution in [2.24, 2.45) is 0 Å². The summed E-state index contributed by atoms with van der Waals surface area (Å²) in [7, 11) is 0. The first kappa shape index (κ1) is 12.5. The predicted molar refractivity (Wildman–Crippen MR) is 58.8 cm³/mol. The van der Waals surface area contributed by atoms with Crippen molar-refractivity contribution in [3.8, 4) is 0 Å². The van der Waals surface area contributed by atoms with Crippen LogP contribution >= 0.6 is 0 Å². The lowest BCUT2D eigenvalue weighted by atomic mass is 9.84. The summed E-state index contributed by atoms with van der Waals surface area (Å²) in [5, 5.41) is 29.6. The van der Waals surface area contributed by atoms with E-state index >= 15 is 0 Å². The van der Waals surface area contributed by atoms with Gasteiger partial charge in [0.2, 0.25) is 5.79 Å². The molecule has 0 spiro atoms. The molecule has 1 aliphatic heterocycles. The van der Waals surface area contributed by atoms with Crippen LogP contribution < -0.4 is 0 Å². The normalized spacial score (nSPS) is 37.1. The van der Waals surface area contributed by atoms with E-state index in [0.717, 1.165) is 12.8 Å². The number of hydrogen-bond acceptors (Lipinski definition) is 5. The summed E-state index contributed by atoms with van der Waals surface area (Å²) in [6.07, 6.45) is 0.505. The van der Waals surface area contributed by atoms with Gasteiger partial charge in [-0.15, -0.1) is 0 Å². The predicted octanol–water partition coefficient (Wildman–Crippen LogP) is 0.234. The van der Waals surface area contributed by atoms with Crippen LogP contribution in [0, 0.1) is 0 Å². The van der Waals surface area contributed by atoms with Crippen LogP contribution in [0.15, 0.2) is 11.1 Å². The second-order valence-electron chi connectivity index (χ2n) is 4.72. The third kappa shape index (κ3) is 1.99. The monoisotopic (exact) mass is 242 g/mol. The van der Waals surface area contributed by atoms with Gasteiger partial charge in [-0.1, -0.05) is 13.3 Å². The van der Waals surface area contributed by atoms with Gasteiger partial charge in [-0.3, -0.25) is 0 Å². The van der Waals surface area contributed by atoms with E-state index in [4.69, 9.17) is 4.74 Å². The maximum atomic E-state index is 11.6. The number of carbonyl (C=O) groups is 1. The average Bonchev–Trinajstić information content (AvgIpc) is 2.54. The number of esters is 1. The van der Waals surface area contributed by atoms with Crippen LogP contribution in [0.2, 0.25) is 0 Å².